The molecule has 2 atom stereocenters. The van der Waals surface area contributed by atoms with Crippen LogP contribution >= 0.6 is 0 Å². The Hall–Kier alpha value is -2.34. The molecule has 2 saturated heterocycles. The standard InChI is InChI=1S/C22H28N4O2/c1-16(2)14-26-17-6-3-10-23-20(17)25-11-4-8-19(25)22(26)9-12-24(15-22)21(27)18-7-5-13-28-18/h3-4,6,8,10-11,16,18H,5,7,9,12-15H2,1-2H3/t18-,22-/m1/s1. The molecule has 0 radical (unpaired) electrons. The molecule has 5 rings (SSSR count). The molecule has 148 valence electrons. The maximum Gasteiger partial charge on any atom is 0.251 e. The summed E-state index contributed by atoms with van der Waals surface area (Å²) < 4.78 is 7.90. The smallest absolute Gasteiger partial charge is 0.251 e. The zero-order valence-electron chi connectivity index (χ0n) is 16.7. The number of carbonyl (C=O) groups is 1. The van der Waals surface area contributed by atoms with Crippen molar-refractivity contribution in [3.63, 3.8) is 0 Å². The molecule has 2 aromatic heterocycles. The maximum absolute atomic E-state index is 13.1. The fraction of sp³-hybridized carbons (Fsp3) is 0.545. The zero-order chi connectivity index (χ0) is 19.3. The number of carbonyl (C=O) groups excluding carboxylic acids is 1. The summed E-state index contributed by atoms with van der Waals surface area (Å²) in [7, 11) is 0. The van der Waals surface area contributed by atoms with Gasteiger partial charge in [0.25, 0.3) is 5.91 Å². The number of fused-ring (bicyclic) bond motifs is 4. The average Bonchev–Trinajstić information content (AvgIpc) is 3.45. The Morgan fingerprint density at radius 2 is 2.25 bits per heavy atom. The van der Waals surface area contributed by atoms with E-state index in [2.05, 4.69) is 52.7 Å². The van der Waals surface area contributed by atoms with E-state index >= 15 is 0 Å². The highest BCUT2D eigenvalue weighted by molar-refractivity contribution is 5.82. The number of pyridine rings is 1. The van der Waals surface area contributed by atoms with E-state index in [9.17, 15) is 4.79 Å². The number of hydrogen-bond donors (Lipinski definition) is 0. The first kappa shape index (κ1) is 17.7. The van der Waals surface area contributed by atoms with Crippen molar-refractivity contribution in [1.29, 1.82) is 0 Å². The zero-order valence-corrected chi connectivity index (χ0v) is 16.7. The van der Waals surface area contributed by atoms with E-state index in [1.54, 1.807) is 0 Å². The molecule has 1 amide bonds. The molecule has 28 heavy (non-hydrogen) atoms. The van der Waals surface area contributed by atoms with E-state index in [1.165, 1.54) is 5.69 Å². The average molecular weight is 380 g/mol. The van der Waals surface area contributed by atoms with Crippen LogP contribution in [0.25, 0.3) is 5.82 Å². The van der Waals surface area contributed by atoms with Gasteiger partial charge in [0.1, 0.15) is 11.6 Å². The first-order chi connectivity index (χ1) is 13.6. The predicted molar refractivity (Wildman–Crippen MR) is 108 cm³/mol. The number of anilines is 1. The van der Waals surface area contributed by atoms with Gasteiger partial charge in [0.15, 0.2) is 5.82 Å². The van der Waals surface area contributed by atoms with Gasteiger partial charge in [-0.3, -0.25) is 4.79 Å². The van der Waals surface area contributed by atoms with Gasteiger partial charge >= 0.3 is 0 Å². The maximum atomic E-state index is 13.1. The summed E-state index contributed by atoms with van der Waals surface area (Å²) in [4.78, 5) is 22.3. The summed E-state index contributed by atoms with van der Waals surface area (Å²) in [6.07, 6.45) is 6.46. The molecule has 2 fully saturated rings. The summed E-state index contributed by atoms with van der Waals surface area (Å²) >= 11 is 0. The minimum atomic E-state index is -0.252. The lowest BCUT2D eigenvalue weighted by atomic mass is 9.88. The van der Waals surface area contributed by atoms with Gasteiger partial charge in [0.05, 0.1) is 11.4 Å². The molecule has 3 aliphatic rings. The van der Waals surface area contributed by atoms with Crippen molar-refractivity contribution >= 4 is 11.6 Å². The van der Waals surface area contributed by atoms with Crippen LogP contribution in [0.15, 0.2) is 36.7 Å². The van der Waals surface area contributed by atoms with Crippen LogP contribution in [0.5, 0.6) is 0 Å². The first-order valence-electron chi connectivity index (χ1n) is 10.4. The number of amides is 1. The van der Waals surface area contributed by atoms with Crippen molar-refractivity contribution in [1.82, 2.24) is 14.5 Å². The Morgan fingerprint density at radius 1 is 1.36 bits per heavy atom. The normalized spacial score (nSPS) is 26.2. The van der Waals surface area contributed by atoms with Gasteiger partial charge in [0.2, 0.25) is 0 Å². The van der Waals surface area contributed by atoms with Gasteiger partial charge < -0.3 is 19.1 Å². The fourth-order valence-electron chi connectivity index (χ4n) is 5.12. The second-order valence-corrected chi connectivity index (χ2v) is 8.66. The molecule has 6 nitrogen and oxygen atoms in total. The van der Waals surface area contributed by atoms with Crippen LogP contribution in [0.3, 0.4) is 0 Å². The lowest BCUT2D eigenvalue weighted by Crippen LogP contribution is -2.54. The molecule has 0 aromatic carbocycles. The molecule has 0 aliphatic carbocycles. The van der Waals surface area contributed by atoms with Crippen molar-refractivity contribution in [2.45, 2.75) is 44.8 Å². The van der Waals surface area contributed by atoms with E-state index in [-0.39, 0.29) is 17.6 Å². The summed E-state index contributed by atoms with van der Waals surface area (Å²) in [6.45, 7) is 7.62. The molecular formula is C22H28N4O2. The van der Waals surface area contributed by atoms with Crippen molar-refractivity contribution in [3.05, 3.63) is 42.4 Å². The third kappa shape index (κ3) is 2.58. The van der Waals surface area contributed by atoms with Crippen molar-refractivity contribution in [2.75, 3.05) is 31.1 Å². The van der Waals surface area contributed by atoms with E-state index < -0.39 is 0 Å². The van der Waals surface area contributed by atoms with Crippen LogP contribution in [0.1, 0.15) is 38.8 Å². The lowest BCUT2D eigenvalue weighted by molar-refractivity contribution is -0.140. The third-order valence-corrected chi connectivity index (χ3v) is 6.34. The molecule has 3 aliphatic heterocycles. The number of nitrogens with zero attached hydrogens (tertiary/aromatic N) is 4. The molecule has 6 heteroatoms. The Kier molecular flexibility index (Phi) is 4.19. The Labute approximate surface area is 166 Å². The summed E-state index contributed by atoms with van der Waals surface area (Å²) in [5.41, 5.74) is 2.19. The van der Waals surface area contributed by atoms with E-state index in [0.717, 1.165) is 43.9 Å². The largest absolute Gasteiger partial charge is 0.368 e. The van der Waals surface area contributed by atoms with Gasteiger partial charge in [-0.2, -0.15) is 0 Å². The van der Waals surface area contributed by atoms with Gasteiger partial charge in [-0.1, -0.05) is 13.8 Å². The van der Waals surface area contributed by atoms with E-state index in [4.69, 9.17) is 4.74 Å². The highest BCUT2D eigenvalue weighted by Crippen LogP contribution is 2.47. The van der Waals surface area contributed by atoms with Crippen LogP contribution in [0.4, 0.5) is 5.69 Å². The quantitative estimate of drug-likeness (QED) is 0.822. The number of rotatable bonds is 3. The first-order valence-corrected chi connectivity index (χ1v) is 10.4. The molecular weight excluding hydrogens is 352 g/mol. The summed E-state index contributed by atoms with van der Waals surface area (Å²) in [5, 5.41) is 0. The molecule has 5 heterocycles. The SMILES string of the molecule is CC(C)CN1c2cccnc2-n2cccc2[C@]12CCN(C(=O)[C@H]1CCCO1)C2. The van der Waals surface area contributed by atoms with E-state index in [0.29, 0.717) is 19.1 Å². The number of ether oxygens (including phenoxy) is 1. The van der Waals surface area contributed by atoms with Crippen LogP contribution < -0.4 is 4.90 Å². The predicted octanol–water partition coefficient (Wildman–Crippen LogP) is 2.95. The molecule has 2 aromatic rings. The molecule has 0 N–H and O–H groups in total. The van der Waals surface area contributed by atoms with Crippen LogP contribution in [-0.4, -0.2) is 52.7 Å². The number of likely N-dealkylation sites (tertiary alicyclic amines) is 1. The summed E-state index contributed by atoms with van der Waals surface area (Å²) in [5.74, 6) is 1.65. The van der Waals surface area contributed by atoms with Crippen LogP contribution in [0, 0.1) is 5.92 Å². The van der Waals surface area contributed by atoms with E-state index in [1.807, 2.05) is 17.2 Å². The molecule has 0 unspecified atom stereocenters. The monoisotopic (exact) mass is 380 g/mol. The third-order valence-electron chi connectivity index (χ3n) is 6.34. The number of aromatic nitrogens is 2. The topological polar surface area (TPSA) is 50.6 Å². The molecule has 1 spiro atoms. The van der Waals surface area contributed by atoms with Gasteiger partial charge in [-0.05, 0) is 49.4 Å². The van der Waals surface area contributed by atoms with Crippen molar-refractivity contribution < 1.29 is 9.53 Å². The Balaban J connectivity index is 1.56. The minimum Gasteiger partial charge on any atom is -0.368 e. The molecule has 0 bridgehead atoms. The minimum absolute atomic E-state index is 0.161. The van der Waals surface area contributed by atoms with Gasteiger partial charge in [-0.25, -0.2) is 4.98 Å². The van der Waals surface area contributed by atoms with Gasteiger partial charge in [-0.15, -0.1) is 0 Å². The van der Waals surface area contributed by atoms with Crippen molar-refractivity contribution in [2.24, 2.45) is 5.92 Å². The van der Waals surface area contributed by atoms with Gasteiger partial charge in [0, 0.05) is 38.6 Å². The number of hydrogen-bond acceptors (Lipinski definition) is 4. The second-order valence-electron chi connectivity index (χ2n) is 8.66. The summed E-state index contributed by atoms with van der Waals surface area (Å²) in [6, 6.07) is 8.47. The molecule has 0 saturated carbocycles. The Bertz CT molecular complexity index is 886. The highest BCUT2D eigenvalue weighted by atomic mass is 16.5. The Morgan fingerprint density at radius 3 is 3.04 bits per heavy atom. The fourth-order valence-corrected chi connectivity index (χ4v) is 5.12. The van der Waals surface area contributed by atoms with Crippen LogP contribution in [-0.2, 0) is 15.1 Å². The second kappa shape index (κ2) is 6.62. The van der Waals surface area contributed by atoms with Crippen molar-refractivity contribution in [3.8, 4) is 5.82 Å². The lowest BCUT2D eigenvalue weighted by Gasteiger charge is -2.48. The van der Waals surface area contributed by atoms with Crippen LogP contribution in [0.2, 0.25) is 0 Å². The highest BCUT2D eigenvalue weighted by Gasteiger charge is 2.51.